The van der Waals surface area contributed by atoms with Crippen LogP contribution in [0.25, 0.3) is 0 Å². The molecule has 1 aromatic carbocycles. The second kappa shape index (κ2) is 6.69. The lowest BCUT2D eigenvalue weighted by atomic mass is 10.3. The van der Waals surface area contributed by atoms with Gasteiger partial charge in [-0.15, -0.1) is 0 Å². The first-order chi connectivity index (χ1) is 10.4. The monoisotopic (exact) mass is 324 g/mol. The number of thioether (sulfide) groups is 1. The molecule has 116 valence electrons. The summed E-state index contributed by atoms with van der Waals surface area (Å²) in [6.45, 7) is 3.34. The van der Waals surface area contributed by atoms with Crippen LogP contribution in [0.5, 0.6) is 0 Å². The minimum atomic E-state index is -0.832. The Morgan fingerprint density at radius 3 is 2.55 bits per heavy atom. The molecule has 1 atom stereocenters. The summed E-state index contributed by atoms with van der Waals surface area (Å²) in [4.78, 5) is 20.2. The Kier molecular flexibility index (Phi) is 4.92. The van der Waals surface area contributed by atoms with E-state index in [2.05, 4.69) is 15.3 Å². The van der Waals surface area contributed by atoms with Crippen molar-refractivity contribution in [2.24, 2.45) is 0 Å². The topological polar surface area (TPSA) is 80.9 Å². The van der Waals surface area contributed by atoms with E-state index in [4.69, 9.17) is 5.73 Å². The summed E-state index contributed by atoms with van der Waals surface area (Å²) in [5.41, 5.74) is 5.81. The van der Waals surface area contributed by atoms with Gasteiger partial charge in [-0.2, -0.15) is 0 Å². The number of rotatable bonds is 4. The van der Waals surface area contributed by atoms with Crippen LogP contribution in [0, 0.1) is 18.6 Å². The lowest BCUT2D eigenvalue weighted by molar-refractivity contribution is -0.115. The number of para-hydroxylation sites is 1. The van der Waals surface area contributed by atoms with Gasteiger partial charge in [-0.05, 0) is 26.0 Å². The lowest BCUT2D eigenvalue weighted by Crippen LogP contribution is -2.24. The molecule has 0 aliphatic heterocycles. The van der Waals surface area contributed by atoms with E-state index in [1.165, 1.54) is 6.07 Å². The van der Waals surface area contributed by atoms with E-state index in [0.29, 0.717) is 16.7 Å². The maximum atomic E-state index is 13.5. The molecule has 0 bridgehead atoms. The Morgan fingerprint density at radius 1 is 1.32 bits per heavy atom. The number of carbonyl (C=O) groups excluding carboxylic acids is 1. The molecule has 1 unspecified atom stereocenters. The van der Waals surface area contributed by atoms with Crippen LogP contribution in [-0.4, -0.2) is 21.1 Å². The van der Waals surface area contributed by atoms with Gasteiger partial charge < -0.3 is 11.1 Å². The first kappa shape index (κ1) is 16.2. The van der Waals surface area contributed by atoms with Gasteiger partial charge in [0.1, 0.15) is 23.1 Å². The molecule has 5 nitrogen and oxygen atoms in total. The molecule has 0 spiro atoms. The molecule has 1 heterocycles. The first-order valence-electron chi connectivity index (χ1n) is 6.39. The summed E-state index contributed by atoms with van der Waals surface area (Å²) in [6, 6.07) is 4.97. The summed E-state index contributed by atoms with van der Waals surface area (Å²) < 4.78 is 27.0. The van der Waals surface area contributed by atoms with Gasteiger partial charge in [0.25, 0.3) is 0 Å². The average molecular weight is 324 g/mol. The van der Waals surface area contributed by atoms with Crippen LogP contribution in [0.4, 0.5) is 20.3 Å². The van der Waals surface area contributed by atoms with E-state index < -0.39 is 28.5 Å². The molecular formula is C14H14F2N4OS. The number of hydrogen-bond acceptors (Lipinski definition) is 5. The van der Waals surface area contributed by atoms with E-state index in [1.54, 1.807) is 19.9 Å². The zero-order valence-electron chi connectivity index (χ0n) is 11.9. The van der Waals surface area contributed by atoms with Crippen LogP contribution in [-0.2, 0) is 4.79 Å². The summed E-state index contributed by atoms with van der Waals surface area (Å²) in [5, 5.41) is 1.91. The van der Waals surface area contributed by atoms with Gasteiger partial charge >= 0.3 is 0 Å². The molecule has 0 fully saturated rings. The van der Waals surface area contributed by atoms with Crippen molar-refractivity contribution in [2.45, 2.75) is 24.3 Å². The van der Waals surface area contributed by atoms with E-state index in [0.717, 1.165) is 23.9 Å². The van der Waals surface area contributed by atoms with Crippen LogP contribution in [0.15, 0.2) is 29.4 Å². The zero-order chi connectivity index (χ0) is 16.3. The first-order valence-corrected chi connectivity index (χ1v) is 7.27. The standard InChI is InChI=1S/C14H14F2N4OS/c1-7-6-11(17)19-14(18-7)22-8(2)13(21)20-12-9(15)4-3-5-10(12)16/h3-6,8H,1-2H3,(H,20,21)(H2,17,18,19). The van der Waals surface area contributed by atoms with E-state index >= 15 is 0 Å². The third-order valence-electron chi connectivity index (χ3n) is 2.72. The molecular weight excluding hydrogens is 310 g/mol. The van der Waals surface area contributed by atoms with Crippen molar-refractivity contribution in [3.8, 4) is 0 Å². The molecule has 2 rings (SSSR count). The van der Waals surface area contributed by atoms with Crippen molar-refractivity contribution >= 4 is 29.2 Å². The number of halogens is 2. The predicted molar refractivity (Wildman–Crippen MR) is 81.5 cm³/mol. The smallest absolute Gasteiger partial charge is 0.237 e. The highest BCUT2D eigenvalue weighted by molar-refractivity contribution is 8.00. The third kappa shape index (κ3) is 3.91. The molecule has 1 amide bonds. The number of nitrogens with zero attached hydrogens (tertiary/aromatic N) is 2. The van der Waals surface area contributed by atoms with Crippen LogP contribution in [0.3, 0.4) is 0 Å². The summed E-state index contributed by atoms with van der Waals surface area (Å²) >= 11 is 1.05. The number of nitrogens with two attached hydrogens (primary N) is 1. The number of benzene rings is 1. The molecule has 0 saturated carbocycles. The van der Waals surface area contributed by atoms with E-state index in [1.807, 2.05) is 0 Å². The molecule has 0 aliphatic rings. The van der Waals surface area contributed by atoms with Crippen LogP contribution >= 0.6 is 11.8 Å². The molecule has 1 aromatic heterocycles. The highest BCUT2D eigenvalue weighted by Gasteiger charge is 2.19. The fourth-order valence-electron chi connectivity index (χ4n) is 1.67. The molecule has 3 N–H and O–H groups in total. The maximum Gasteiger partial charge on any atom is 0.237 e. The quantitative estimate of drug-likeness (QED) is 0.668. The lowest BCUT2D eigenvalue weighted by Gasteiger charge is -2.12. The number of nitrogen functional groups attached to an aromatic ring is 1. The fourth-order valence-corrected chi connectivity index (χ4v) is 2.51. The highest BCUT2D eigenvalue weighted by Crippen LogP contribution is 2.24. The van der Waals surface area contributed by atoms with Crippen molar-refractivity contribution in [1.29, 1.82) is 0 Å². The van der Waals surface area contributed by atoms with Crippen LogP contribution < -0.4 is 11.1 Å². The second-order valence-electron chi connectivity index (χ2n) is 4.56. The van der Waals surface area contributed by atoms with Gasteiger partial charge in [-0.3, -0.25) is 4.79 Å². The Morgan fingerprint density at radius 2 is 1.95 bits per heavy atom. The Labute approximate surface area is 130 Å². The average Bonchev–Trinajstić information content (AvgIpc) is 2.41. The maximum absolute atomic E-state index is 13.5. The van der Waals surface area contributed by atoms with Gasteiger partial charge in [0.15, 0.2) is 5.16 Å². The largest absolute Gasteiger partial charge is 0.384 e. The molecule has 0 aliphatic carbocycles. The number of carbonyl (C=O) groups is 1. The Hall–Kier alpha value is -2.22. The van der Waals surface area contributed by atoms with Gasteiger partial charge in [0.2, 0.25) is 5.91 Å². The van der Waals surface area contributed by atoms with Gasteiger partial charge in [0.05, 0.1) is 5.25 Å². The minimum absolute atomic E-state index is 0.294. The summed E-state index contributed by atoms with van der Waals surface area (Å²) in [7, 11) is 0. The van der Waals surface area contributed by atoms with Crippen LogP contribution in [0.1, 0.15) is 12.6 Å². The summed E-state index contributed by atoms with van der Waals surface area (Å²) in [6.07, 6.45) is 0. The minimum Gasteiger partial charge on any atom is -0.384 e. The predicted octanol–water partition coefficient (Wildman–Crippen LogP) is 2.76. The number of nitrogens with one attached hydrogen (secondary N) is 1. The van der Waals surface area contributed by atoms with Gasteiger partial charge in [-0.25, -0.2) is 18.7 Å². The number of aromatic nitrogens is 2. The van der Waals surface area contributed by atoms with Crippen LogP contribution in [0.2, 0.25) is 0 Å². The number of aryl methyl sites for hydroxylation is 1. The Balaban J connectivity index is 2.09. The Bertz CT molecular complexity index is 671. The molecule has 0 radical (unpaired) electrons. The van der Waals surface area contributed by atoms with E-state index in [9.17, 15) is 13.6 Å². The summed E-state index contributed by atoms with van der Waals surface area (Å²) in [5.74, 6) is -1.93. The molecule has 2 aromatic rings. The molecule has 8 heteroatoms. The highest BCUT2D eigenvalue weighted by atomic mass is 32.2. The van der Waals surface area contributed by atoms with Crippen molar-refractivity contribution in [1.82, 2.24) is 9.97 Å². The zero-order valence-corrected chi connectivity index (χ0v) is 12.7. The van der Waals surface area contributed by atoms with Crippen molar-refractivity contribution in [3.63, 3.8) is 0 Å². The molecule has 0 saturated heterocycles. The van der Waals surface area contributed by atoms with Crippen molar-refractivity contribution < 1.29 is 13.6 Å². The normalized spacial score (nSPS) is 12.0. The number of amides is 1. The SMILES string of the molecule is Cc1cc(N)nc(SC(C)C(=O)Nc2c(F)cccc2F)n1. The fraction of sp³-hybridized carbons (Fsp3) is 0.214. The third-order valence-corrected chi connectivity index (χ3v) is 3.68. The van der Waals surface area contributed by atoms with Crippen molar-refractivity contribution in [3.05, 3.63) is 41.6 Å². The van der Waals surface area contributed by atoms with E-state index in [-0.39, 0.29) is 0 Å². The molecule has 22 heavy (non-hydrogen) atoms. The van der Waals surface area contributed by atoms with Crippen molar-refractivity contribution in [2.75, 3.05) is 11.1 Å². The number of hydrogen-bond donors (Lipinski definition) is 2. The number of anilines is 2. The van der Waals surface area contributed by atoms with Gasteiger partial charge in [-0.1, -0.05) is 17.8 Å². The van der Waals surface area contributed by atoms with Gasteiger partial charge in [0, 0.05) is 11.8 Å². The second-order valence-corrected chi connectivity index (χ2v) is 5.87.